The van der Waals surface area contributed by atoms with E-state index < -0.39 is 5.82 Å². The Hall–Kier alpha value is -3.17. The molecule has 1 aliphatic heterocycles. The lowest BCUT2D eigenvalue weighted by atomic mass is 10.0. The van der Waals surface area contributed by atoms with Gasteiger partial charge in [-0.15, -0.1) is 5.10 Å². The average molecular weight is 494 g/mol. The Kier molecular flexibility index (Phi) is 6.88. The number of unbranched alkanes of at least 4 members (excludes halogenated alkanes) is 1. The molecule has 0 radical (unpaired) electrons. The summed E-state index contributed by atoms with van der Waals surface area (Å²) >= 11 is 1.42. The van der Waals surface area contributed by atoms with Crippen LogP contribution in [0.2, 0.25) is 0 Å². The Balaban J connectivity index is 1.28. The number of halogens is 1. The van der Waals surface area contributed by atoms with E-state index >= 15 is 0 Å². The van der Waals surface area contributed by atoms with Gasteiger partial charge in [0.15, 0.2) is 11.6 Å². The third-order valence-electron chi connectivity index (χ3n) is 6.56. The van der Waals surface area contributed by atoms with E-state index in [-0.39, 0.29) is 28.6 Å². The maximum Gasteiger partial charge on any atom is 0.251 e. The number of rotatable bonds is 8. The quantitative estimate of drug-likeness (QED) is 0.278. The van der Waals surface area contributed by atoms with Crippen LogP contribution in [0.5, 0.6) is 0 Å². The summed E-state index contributed by atoms with van der Waals surface area (Å²) in [5, 5.41) is 6.97. The van der Waals surface area contributed by atoms with Gasteiger partial charge >= 0.3 is 0 Å². The van der Waals surface area contributed by atoms with Gasteiger partial charge in [-0.25, -0.2) is 8.91 Å². The van der Waals surface area contributed by atoms with Crippen molar-refractivity contribution in [3.8, 4) is 11.4 Å². The highest BCUT2D eigenvalue weighted by Gasteiger charge is 2.18. The summed E-state index contributed by atoms with van der Waals surface area (Å²) in [4.78, 5) is 32.1. The maximum atomic E-state index is 14.7. The van der Waals surface area contributed by atoms with Crippen LogP contribution in [0.15, 0.2) is 36.4 Å². The van der Waals surface area contributed by atoms with Crippen molar-refractivity contribution < 1.29 is 14.0 Å². The highest BCUT2D eigenvalue weighted by atomic mass is 32.1. The summed E-state index contributed by atoms with van der Waals surface area (Å²) in [5.74, 6) is -0.495. The Morgan fingerprint density at radius 2 is 1.86 bits per heavy atom. The molecule has 0 aliphatic carbocycles. The van der Waals surface area contributed by atoms with Gasteiger partial charge in [0.05, 0.1) is 15.8 Å². The lowest BCUT2D eigenvalue weighted by molar-refractivity contribution is 0.0959. The number of nitrogens with zero attached hydrogens (tertiary/aromatic N) is 4. The Bertz CT molecular complexity index is 1390. The van der Waals surface area contributed by atoms with Crippen LogP contribution in [0.4, 0.5) is 4.39 Å². The normalized spacial score (nSPS) is 14.6. The van der Waals surface area contributed by atoms with Crippen LogP contribution in [0, 0.1) is 5.82 Å². The van der Waals surface area contributed by atoms with Crippen molar-refractivity contribution in [3.63, 3.8) is 0 Å². The molecule has 35 heavy (non-hydrogen) atoms. The number of amides is 1. The minimum absolute atomic E-state index is 0.156. The van der Waals surface area contributed by atoms with Gasteiger partial charge in [-0.3, -0.25) is 9.59 Å². The van der Waals surface area contributed by atoms with E-state index in [0.29, 0.717) is 16.9 Å². The number of carbonyl (C=O) groups excluding carboxylic acids is 2. The minimum Gasteiger partial charge on any atom is -0.355 e. The van der Waals surface area contributed by atoms with Crippen molar-refractivity contribution in [1.29, 1.82) is 0 Å². The van der Waals surface area contributed by atoms with Gasteiger partial charge in [-0.2, -0.15) is 4.98 Å². The van der Waals surface area contributed by atoms with E-state index in [1.54, 1.807) is 10.6 Å². The maximum absolute atomic E-state index is 14.7. The number of hydrogen-bond donors (Lipinski definition) is 1. The van der Waals surface area contributed by atoms with Gasteiger partial charge in [0.2, 0.25) is 4.96 Å². The highest BCUT2D eigenvalue weighted by Crippen LogP contribution is 2.30. The number of Topliss-reactive ketones (excluding diaryl/α,β-unsaturated/α-hetero) is 1. The van der Waals surface area contributed by atoms with Crippen LogP contribution in [0.3, 0.4) is 0 Å². The fraction of sp³-hybridized carbons (Fsp3) is 0.385. The number of fused-ring (bicyclic) bond motifs is 3. The second-order valence-corrected chi connectivity index (χ2v) is 9.98. The molecule has 182 valence electrons. The van der Waals surface area contributed by atoms with Crippen molar-refractivity contribution in [1.82, 2.24) is 24.8 Å². The zero-order valence-electron chi connectivity index (χ0n) is 19.7. The summed E-state index contributed by atoms with van der Waals surface area (Å²) < 4.78 is 17.2. The molecule has 0 saturated carbocycles. The van der Waals surface area contributed by atoms with E-state index in [2.05, 4.69) is 20.3 Å². The number of aromatic nitrogens is 3. The number of benzene rings is 2. The summed E-state index contributed by atoms with van der Waals surface area (Å²) in [6.45, 7) is 3.46. The Labute approximate surface area is 207 Å². The SMILES string of the molecule is CNC(=O)c1ccc(-c2nc3sc4cc(C(=O)CCCCN5CCCCC5)ccc4n3n2)c(F)c1. The molecular formula is C26H28FN5O2S. The number of ketones is 1. The zero-order chi connectivity index (χ0) is 24.4. The molecule has 2 aromatic heterocycles. The fourth-order valence-electron chi connectivity index (χ4n) is 4.61. The first-order valence-corrected chi connectivity index (χ1v) is 12.9. The fourth-order valence-corrected chi connectivity index (χ4v) is 5.61. The highest BCUT2D eigenvalue weighted by molar-refractivity contribution is 7.23. The summed E-state index contributed by atoms with van der Waals surface area (Å²) in [6.07, 6.45) is 6.42. The van der Waals surface area contributed by atoms with Gasteiger partial charge in [-0.05, 0) is 81.7 Å². The van der Waals surface area contributed by atoms with Gasteiger partial charge in [-0.1, -0.05) is 17.8 Å². The van der Waals surface area contributed by atoms with E-state index in [1.165, 1.54) is 62.9 Å². The summed E-state index contributed by atoms with van der Waals surface area (Å²) in [6, 6.07) is 9.87. The van der Waals surface area contributed by atoms with Crippen molar-refractivity contribution in [2.24, 2.45) is 0 Å². The topological polar surface area (TPSA) is 79.6 Å². The summed E-state index contributed by atoms with van der Waals surface area (Å²) in [5.41, 5.74) is 2.01. The predicted molar refractivity (Wildman–Crippen MR) is 136 cm³/mol. The number of thiazole rings is 1. The lowest BCUT2D eigenvalue weighted by Gasteiger charge is -2.26. The van der Waals surface area contributed by atoms with Crippen LogP contribution < -0.4 is 5.32 Å². The molecule has 5 rings (SSSR count). The second kappa shape index (κ2) is 10.2. The van der Waals surface area contributed by atoms with E-state index in [0.717, 1.165) is 29.6 Å². The molecule has 1 N–H and O–H groups in total. The first kappa shape index (κ1) is 23.6. The van der Waals surface area contributed by atoms with Crippen molar-refractivity contribution >= 4 is 38.2 Å². The van der Waals surface area contributed by atoms with E-state index in [4.69, 9.17) is 0 Å². The molecule has 1 saturated heterocycles. The largest absolute Gasteiger partial charge is 0.355 e. The second-order valence-electron chi connectivity index (χ2n) is 8.97. The number of nitrogens with one attached hydrogen (secondary N) is 1. The van der Waals surface area contributed by atoms with Crippen molar-refractivity contribution in [3.05, 3.63) is 53.3 Å². The molecule has 7 nitrogen and oxygen atoms in total. The van der Waals surface area contributed by atoms with Crippen LogP contribution in [0.1, 0.15) is 59.2 Å². The molecule has 1 amide bonds. The Morgan fingerprint density at radius 1 is 1.06 bits per heavy atom. The van der Waals surface area contributed by atoms with Crippen LogP contribution in [-0.2, 0) is 0 Å². The zero-order valence-corrected chi connectivity index (χ0v) is 20.5. The van der Waals surface area contributed by atoms with Gasteiger partial charge in [0, 0.05) is 24.6 Å². The lowest BCUT2D eigenvalue weighted by Crippen LogP contribution is -2.30. The predicted octanol–water partition coefficient (Wildman–Crippen LogP) is 4.95. The molecule has 1 aliphatic rings. The monoisotopic (exact) mass is 493 g/mol. The summed E-state index contributed by atoms with van der Waals surface area (Å²) in [7, 11) is 1.50. The number of piperidine rings is 1. The Morgan fingerprint density at radius 3 is 2.63 bits per heavy atom. The number of hydrogen-bond acceptors (Lipinski definition) is 6. The molecular weight excluding hydrogens is 465 g/mol. The van der Waals surface area contributed by atoms with Crippen LogP contribution >= 0.6 is 11.3 Å². The molecule has 0 atom stereocenters. The molecule has 2 aromatic carbocycles. The minimum atomic E-state index is -0.554. The van der Waals surface area contributed by atoms with E-state index in [9.17, 15) is 14.0 Å². The molecule has 9 heteroatoms. The van der Waals surface area contributed by atoms with Crippen molar-refractivity contribution in [2.45, 2.75) is 38.5 Å². The van der Waals surface area contributed by atoms with Crippen LogP contribution in [0.25, 0.3) is 26.6 Å². The van der Waals surface area contributed by atoms with E-state index in [1.807, 2.05) is 18.2 Å². The number of carbonyl (C=O) groups is 2. The third-order valence-corrected chi connectivity index (χ3v) is 7.56. The molecule has 3 heterocycles. The van der Waals surface area contributed by atoms with Gasteiger partial charge in [0.1, 0.15) is 5.82 Å². The van der Waals surface area contributed by atoms with Gasteiger partial charge < -0.3 is 10.2 Å². The molecule has 0 bridgehead atoms. The first-order valence-electron chi connectivity index (χ1n) is 12.1. The van der Waals surface area contributed by atoms with Crippen LogP contribution in [-0.4, -0.2) is 57.9 Å². The molecule has 0 spiro atoms. The first-order chi connectivity index (χ1) is 17.0. The standard InChI is InChI=1S/C26H28FN5O2S/c1-28-25(34)18-8-10-19(20(27)15-18)24-29-26-32(30-24)21-11-9-17(16-23(21)35-26)22(33)7-3-6-14-31-12-4-2-5-13-31/h8-11,15-16H,2-7,12-14H2,1H3,(H,28,34). The molecule has 4 aromatic rings. The van der Waals surface area contributed by atoms with Crippen molar-refractivity contribution in [2.75, 3.05) is 26.7 Å². The number of likely N-dealkylation sites (tertiary alicyclic amines) is 1. The molecule has 0 unspecified atom stereocenters. The average Bonchev–Trinajstić information content (AvgIpc) is 3.44. The molecule has 1 fully saturated rings. The smallest absolute Gasteiger partial charge is 0.251 e. The third kappa shape index (κ3) is 4.97. The van der Waals surface area contributed by atoms with Gasteiger partial charge in [0.25, 0.3) is 5.91 Å².